The Labute approximate surface area is 96.0 Å². The fraction of sp³-hybridized carbons (Fsp3) is 0.800. The van der Waals surface area contributed by atoms with Crippen LogP contribution in [0.25, 0.3) is 0 Å². The molecule has 0 atom stereocenters. The predicted molar refractivity (Wildman–Crippen MR) is 61.3 cm³/mol. The normalized spacial score (nSPS) is 10.4. The van der Waals surface area contributed by atoms with Gasteiger partial charge < -0.3 is 15.7 Å². The Kier molecular flexibility index (Phi) is 8.46. The summed E-state index contributed by atoms with van der Waals surface area (Å²) in [6, 6.07) is 0. The van der Waals surface area contributed by atoms with Crippen molar-refractivity contribution in [1.82, 2.24) is 15.5 Å². The molecule has 0 aliphatic heterocycles. The summed E-state index contributed by atoms with van der Waals surface area (Å²) in [5, 5.41) is 14.1. The molecular formula is C10H21N3O3. The number of carboxylic acids is 1. The first-order valence-corrected chi connectivity index (χ1v) is 5.38. The van der Waals surface area contributed by atoms with E-state index in [1.807, 2.05) is 19.0 Å². The zero-order valence-corrected chi connectivity index (χ0v) is 9.95. The Balaban J connectivity index is 3.46. The molecule has 16 heavy (non-hydrogen) atoms. The average molecular weight is 231 g/mol. The molecule has 0 aliphatic rings. The van der Waals surface area contributed by atoms with Crippen molar-refractivity contribution in [1.29, 1.82) is 0 Å². The third-order valence-electron chi connectivity index (χ3n) is 2.05. The Morgan fingerprint density at radius 1 is 1.31 bits per heavy atom. The van der Waals surface area contributed by atoms with Gasteiger partial charge in [-0.25, -0.2) is 0 Å². The smallest absolute Gasteiger partial charge is 0.303 e. The minimum atomic E-state index is -0.833. The lowest BCUT2D eigenvalue weighted by atomic mass is 10.3. The van der Waals surface area contributed by atoms with Crippen LogP contribution in [0.1, 0.15) is 12.8 Å². The molecule has 0 radical (unpaired) electrons. The molecule has 0 saturated heterocycles. The van der Waals surface area contributed by atoms with Crippen molar-refractivity contribution in [3.05, 3.63) is 0 Å². The van der Waals surface area contributed by atoms with E-state index in [-0.39, 0.29) is 12.3 Å². The van der Waals surface area contributed by atoms with Gasteiger partial charge in [-0.2, -0.15) is 0 Å². The van der Waals surface area contributed by atoms with Crippen LogP contribution < -0.4 is 10.6 Å². The Morgan fingerprint density at radius 2 is 2.00 bits per heavy atom. The van der Waals surface area contributed by atoms with E-state index < -0.39 is 5.97 Å². The molecular weight excluding hydrogens is 210 g/mol. The van der Waals surface area contributed by atoms with Crippen LogP contribution in [0, 0.1) is 0 Å². The summed E-state index contributed by atoms with van der Waals surface area (Å²) in [6.45, 7) is 2.40. The molecule has 0 fully saturated rings. The van der Waals surface area contributed by atoms with E-state index in [2.05, 4.69) is 10.6 Å². The van der Waals surface area contributed by atoms with Gasteiger partial charge in [0.2, 0.25) is 5.91 Å². The zero-order valence-electron chi connectivity index (χ0n) is 9.95. The van der Waals surface area contributed by atoms with Gasteiger partial charge in [0.25, 0.3) is 0 Å². The number of hydrogen-bond acceptors (Lipinski definition) is 4. The molecule has 0 rings (SSSR count). The number of likely N-dealkylation sites (N-methyl/N-ethyl adjacent to an activating group) is 2. The van der Waals surface area contributed by atoms with Gasteiger partial charge in [0.15, 0.2) is 0 Å². The monoisotopic (exact) mass is 231 g/mol. The number of rotatable bonds is 9. The number of nitrogens with zero attached hydrogens (tertiary/aromatic N) is 1. The number of carboxylic acid groups (broad SMARTS) is 1. The molecule has 0 aromatic carbocycles. The van der Waals surface area contributed by atoms with E-state index in [0.717, 1.165) is 13.1 Å². The van der Waals surface area contributed by atoms with Crippen LogP contribution in [0.3, 0.4) is 0 Å². The van der Waals surface area contributed by atoms with E-state index in [9.17, 15) is 9.59 Å². The van der Waals surface area contributed by atoms with Crippen LogP contribution in [0.5, 0.6) is 0 Å². The van der Waals surface area contributed by atoms with Crippen molar-refractivity contribution in [2.24, 2.45) is 0 Å². The average Bonchev–Trinajstić information content (AvgIpc) is 2.21. The highest BCUT2D eigenvalue weighted by molar-refractivity contribution is 5.78. The van der Waals surface area contributed by atoms with Crippen molar-refractivity contribution in [2.75, 3.05) is 40.3 Å². The molecule has 6 nitrogen and oxygen atoms in total. The SMILES string of the molecule is CNCCN(C)CC(=O)NCCCC(=O)O. The number of hydrogen-bond donors (Lipinski definition) is 3. The maximum Gasteiger partial charge on any atom is 0.303 e. The number of nitrogens with one attached hydrogen (secondary N) is 2. The van der Waals surface area contributed by atoms with E-state index in [4.69, 9.17) is 5.11 Å². The van der Waals surface area contributed by atoms with E-state index in [0.29, 0.717) is 19.5 Å². The number of carbonyl (C=O) groups excluding carboxylic acids is 1. The standard InChI is InChI=1S/C10H21N3O3/c1-11-6-7-13(2)8-9(14)12-5-3-4-10(15)16/h11H,3-8H2,1-2H3,(H,12,14)(H,15,16). The van der Waals surface area contributed by atoms with E-state index >= 15 is 0 Å². The lowest BCUT2D eigenvalue weighted by molar-refractivity contribution is -0.137. The molecule has 0 aromatic heterocycles. The molecule has 0 unspecified atom stereocenters. The van der Waals surface area contributed by atoms with Crippen LogP contribution in [-0.2, 0) is 9.59 Å². The van der Waals surface area contributed by atoms with Crippen molar-refractivity contribution in [3.63, 3.8) is 0 Å². The zero-order chi connectivity index (χ0) is 12.4. The van der Waals surface area contributed by atoms with Gasteiger partial charge in [0, 0.05) is 26.1 Å². The van der Waals surface area contributed by atoms with Crippen LogP contribution >= 0.6 is 0 Å². The van der Waals surface area contributed by atoms with Gasteiger partial charge >= 0.3 is 5.97 Å². The second-order valence-corrected chi connectivity index (χ2v) is 3.69. The highest BCUT2D eigenvalue weighted by Crippen LogP contribution is 1.86. The first kappa shape index (κ1) is 14.9. The highest BCUT2D eigenvalue weighted by atomic mass is 16.4. The topological polar surface area (TPSA) is 81.7 Å². The second kappa shape index (κ2) is 9.11. The van der Waals surface area contributed by atoms with Gasteiger partial charge in [-0.1, -0.05) is 0 Å². The molecule has 0 aliphatic carbocycles. The summed E-state index contributed by atoms with van der Waals surface area (Å²) in [6.07, 6.45) is 0.567. The van der Waals surface area contributed by atoms with Crippen LogP contribution in [-0.4, -0.2) is 62.2 Å². The minimum Gasteiger partial charge on any atom is -0.481 e. The van der Waals surface area contributed by atoms with Gasteiger partial charge in [-0.05, 0) is 20.5 Å². The Hall–Kier alpha value is -1.14. The number of amides is 1. The molecule has 1 amide bonds. The maximum atomic E-state index is 11.3. The number of aliphatic carboxylic acids is 1. The van der Waals surface area contributed by atoms with Crippen molar-refractivity contribution < 1.29 is 14.7 Å². The number of carbonyl (C=O) groups is 2. The summed E-state index contributed by atoms with van der Waals surface area (Å²) in [4.78, 5) is 23.5. The quantitative estimate of drug-likeness (QED) is 0.449. The summed E-state index contributed by atoms with van der Waals surface area (Å²) in [5.41, 5.74) is 0. The summed E-state index contributed by atoms with van der Waals surface area (Å²) >= 11 is 0. The molecule has 0 heterocycles. The summed E-state index contributed by atoms with van der Waals surface area (Å²) in [5.74, 6) is -0.899. The highest BCUT2D eigenvalue weighted by Gasteiger charge is 2.05. The summed E-state index contributed by atoms with van der Waals surface area (Å²) < 4.78 is 0. The fourth-order valence-electron chi connectivity index (χ4n) is 1.15. The Bertz CT molecular complexity index is 221. The molecule has 0 spiro atoms. The first-order valence-electron chi connectivity index (χ1n) is 5.38. The molecule has 0 bridgehead atoms. The van der Waals surface area contributed by atoms with Crippen LogP contribution in [0.15, 0.2) is 0 Å². The van der Waals surface area contributed by atoms with E-state index in [1.54, 1.807) is 0 Å². The molecule has 0 saturated carbocycles. The summed E-state index contributed by atoms with van der Waals surface area (Å²) in [7, 11) is 3.73. The third-order valence-corrected chi connectivity index (χ3v) is 2.05. The van der Waals surface area contributed by atoms with Crippen LogP contribution in [0.4, 0.5) is 0 Å². The lowest BCUT2D eigenvalue weighted by Gasteiger charge is -2.15. The fourth-order valence-corrected chi connectivity index (χ4v) is 1.15. The Morgan fingerprint density at radius 3 is 2.56 bits per heavy atom. The van der Waals surface area contributed by atoms with Crippen molar-refractivity contribution >= 4 is 11.9 Å². The molecule has 3 N–H and O–H groups in total. The van der Waals surface area contributed by atoms with Gasteiger partial charge in [-0.3, -0.25) is 14.5 Å². The van der Waals surface area contributed by atoms with Crippen molar-refractivity contribution in [2.45, 2.75) is 12.8 Å². The second-order valence-electron chi connectivity index (χ2n) is 3.69. The van der Waals surface area contributed by atoms with Gasteiger partial charge in [0.1, 0.15) is 0 Å². The lowest BCUT2D eigenvalue weighted by Crippen LogP contribution is -2.38. The van der Waals surface area contributed by atoms with Gasteiger partial charge in [0.05, 0.1) is 6.54 Å². The van der Waals surface area contributed by atoms with Crippen molar-refractivity contribution in [3.8, 4) is 0 Å². The molecule has 0 aromatic rings. The molecule has 6 heteroatoms. The largest absolute Gasteiger partial charge is 0.481 e. The third kappa shape index (κ3) is 9.42. The predicted octanol–water partition coefficient (Wildman–Crippen LogP) is -0.881. The van der Waals surface area contributed by atoms with Crippen LogP contribution in [0.2, 0.25) is 0 Å². The van der Waals surface area contributed by atoms with E-state index in [1.165, 1.54) is 0 Å². The first-order chi connectivity index (χ1) is 7.56. The molecule has 94 valence electrons. The maximum absolute atomic E-state index is 11.3. The van der Waals surface area contributed by atoms with Gasteiger partial charge in [-0.15, -0.1) is 0 Å². The minimum absolute atomic E-state index is 0.0657.